The Balaban J connectivity index is 1.37. The van der Waals surface area contributed by atoms with Crippen LogP contribution in [0, 0.1) is 0 Å². The smallest absolute Gasteiger partial charge is 0.00431 e. The van der Waals surface area contributed by atoms with Gasteiger partial charge >= 0.3 is 0 Å². The molecule has 1 aliphatic rings. The Morgan fingerprint density at radius 3 is 1.96 bits per heavy atom. The minimum atomic E-state index is 0.774. The van der Waals surface area contributed by atoms with Gasteiger partial charge in [0.25, 0.3) is 0 Å². The lowest BCUT2D eigenvalue weighted by Crippen LogP contribution is -2.26. The molecule has 122 valence electrons. The molecule has 0 amide bonds. The number of unbranched alkanes of at least 4 members (excludes halogenated alkanes) is 2. The number of aryl methyl sites for hydroxylation is 2. The van der Waals surface area contributed by atoms with Crippen molar-refractivity contribution in [1.29, 1.82) is 0 Å². The summed E-state index contributed by atoms with van der Waals surface area (Å²) in [6.45, 7) is 2.35. The van der Waals surface area contributed by atoms with Crippen LogP contribution >= 0.6 is 0 Å². The third kappa shape index (κ3) is 5.21. The normalized spacial score (nSPS) is 15.7. The quantitative estimate of drug-likeness (QED) is 0.701. The van der Waals surface area contributed by atoms with Crippen LogP contribution in [0.15, 0.2) is 54.6 Å². The lowest BCUT2D eigenvalue weighted by Gasteiger charge is -2.23. The first-order valence-electron chi connectivity index (χ1n) is 9.25. The molecule has 1 aliphatic heterocycles. The van der Waals surface area contributed by atoms with Crippen LogP contribution in [0.5, 0.6) is 0 Å². The molecule has 0 aliphatic carbocycles. The number of rotatable bonds is 7. The minimum absolute atomic E-state index is 0.774. The van der Waals surface area contributed by atoms with Crippen molar-refractivity contribution in [3.8, 4) is 0 Å². The second-order valence-corrected chi connectivity index (χ2v) is 6.81. The number of hydrogen-bond donors (Lipinski definition) is 1. The zero-order valence-electron chi connectivity index (χ0n) is 14.1. The van der Waals surface area contributed by atoms with Crippen molar-refractivity contribution in [3.63, 3.8) is 0 Å². The standard InChI is InChI=1S/C22H29N/c1-3-7-19(8-4-1)9-5-2-6-10-20-11-13-21(14-12-20)22-15-17-23-18-16-22/h1,3-4,7-8,11-14,22-23H,2,5-6,9-10,15-18H2. The van der Waals surface area contributed by atoms with Crippen LogP contribution < -0.4 is 5.32 Å². The molecule has 0 spiro atoms. The number of piperidine rings is 1. The van der Waals surface area contributed by atoms with Crippen LogP contribution in [0.25, 0.3) is 0 Å². The van der Waals surface area contributed by atoms with Gasteiger partial charge in [-0.05, 0) is 74.2 Å². The molecule has 1 N–H and O–H groups in total. The van der Waals surface area contributed by atoms with Gasteiger partial charge in [0.1, 0.15) is 0 Å². The van der Waals surface area contributed by atoms with Crippen molar-refractivity contribution in [2.75, 3.05) is 13.1 Å². The van der Waals surface area contributed by atoms with Gasteiger partial charge in [0.15, 0.2) is 0 Å². The lowest BCUT2D eigenvalue weighted by molar-refractivity contribution is 0.460. The van der Waals surface area contributed by atoms with Crippen molar-refractivity contribution < 1.29 is 0 Å². The second kappa shape index (κ2) is 8.88. The van der Waals surface area contributed by atoms with Gasteiger partial charge in [0, 0.05) is 0 Å². The molecule has 0 radical (unpaired) electrons. The first kappa shape index (κ1) is 16.3. The Morgan fingerprint density at radius 1 is 0.696 bits per heavy atom. The van der Waals surface area contributed by atoms with E-state index in [1.807, 2.05) is 0 Å². The predicted octanol–water partition coefficient (Wildman–Crippen LogP) is 5.11. The highest BCUT2D eigenvalue weighted by molar-refractivity contribution is 5.26. The average molecular weight is 307 g/mol. The zero-order valence-corrected chi connectivity index (χ0v) is 14.1. The Labute approximate surface area is 141 Å². The summed E-state index contributed by atoms with van der Waals surface area (Å²) in [5.74, 6) is 0.774. The first-order chi connectivity index (χ1) is 11.4. The summed E-state index contributed by atoms with van der Waals surface area (Å²) < 4.78 is 0. The largest absolute Gasteiger partial charge is 0.317 e. The molecule has 0 aromatic heterocycles. The Morgan fingerprint density at radius 2 is 1.30 bits per heavy atom. The fourth-order valence-electron chi connectivity index (χ4n) is 3.59. The highest BCUT2D eigenvalue weighted by Crippen LogP contribution is 2.25. The Kier molecular flexibility index (Phi) is 6.28. The van der Waals surface area contributed by atoms with E-state index < -0.39 is 0 Å². The summed E-state index contributed by atoms with van der Waals surface area (Å²) in [6, 6.07) is 20.3. The van der Waals surface area contributed by atoms with Crippen molar-refractivity contribution >= 4 is 0 Å². The van der Waals surface area contributed by atoms with E-state index in [2.05, 4.69) is 59.9 Å². The Hall–Kier alpha value is -1.60. The van der Waals surface area contributed by atoms with Crippen LogP contribution in [0.1, 0.15) is 54.7 Å². The van der Waals surface area contributed by atoms with E-state index in [1.165, 1.54) is 69.2 Å². The van der Waals surface area contributed by atoms with Gasteiger partial charge in [0.2, 0.25) is 0 Å². The van der Waals surface area contributed by atoms with Gasteiger partial charge in [-0.15, -0.1) is 0 Å². The average Bonchev–Trinajstić information content (AvgIpc) is 2.64. The monoisotopic (exact) mass is 307 g/mol. The molecule has 3 rings (SSSR count). The van der Waals surface area contributed by atoms with E-state index in [1.54, 1.807) is 5.56 Å². The molecule has 0 atom stereocenters. The molecule has 2 aromatic carbocycles. The summed E-state index contributed by atoms with van der Waals surface area (Å²) >= 11 is 0. The maximum absolute atomic E-state index is 3.45. The lowest BCUT2D eigenvalue weighted by atomic mass is 9.89. The summed E-state index contributed by atoms with van der Waals surface area (Å²) in [7, 11) is 0. The van der Waals surface area contributed by atoms with E-state index >= 15 is 0 Å². The molecule has 1 heterocycles. The molecular formula is C22H29N. The van der Waals surface area contributed by atoms with Gasteiger partial charge in [-0.25, -0.2) is 0 Å². The molecular weight excluding hydrogens is 278 g/mol. The summed E-state index contributed by atoms with van der Waals surface area (Å²) in [5, 5.41) is 3.45. The third-order valence-corrected chi connectivity index (χ3v) is 5.06. The van der Waals surface area contributed by atoms with Gasteiger partial charge in [-0.3, -0.25) is 0 Å². The molecule has 1 nitrogen and oxygen atoms in total. The number of hydrogen-bond acceptors (Lipinski definition) is 1. The molecule has 0 unspecified atom stereocenters. The van der Waals surface area contributed by atoms with Crippen LogP contribution in [0.3, 0.4) is 0 Å². The summed E-state index contributed by atoms with van der Waals surface area (Å²) in [4.78, 5) is 0. The molecule has 0 bridgehead atoms. The van der Waals surface area contributed by atoms with E-state index in [0.29, 0.717) is 0 Å². The van der Waals surface area contributed by atoms with Crippen molar-refractivity contribution in [3.05, 3.63) is 71.3 Å². The topological polar surface area (TPSA) is 12.0 Å². The SMILES string of the molecule is c1ccc(CCCCCc2ccc(C3CCNCC3)cc2)cc1. The minimum Gasteiger partial charge on any atom is -0.317 e. The van der Waals surface area contributed by atoms with E-state index in [-0.39, 0.29) is 0 Å². The third-order valence-electron chi connectivity index (χ3n) is 5.06. The predicted molar refractivity (Wildman–Crippen MR) is 99.0 cm³/mol. The van der Waals surface area contributed by atoms with E-state index in [9.17, 15) is 0 Å². The van der Waals surface area contributed by atoms with E-state index in [0.717, 1.165) is 5.92 Å². The second-order valence-electron chi connectivity index (χ2n) is 6.81. The van der Waals surface area contributed by atoms with Crippen molar-refractivity contribution in [2.45, 2.75) is 50.9 Å². The van der Waals surface area contributed by atoms with Crippen LogP contribution in [-0.2, 0) is 12.8 Å². The maximum Gasteiger partial charge on any atom is -0.00431 e. The molecule has 1 fully saturated rings. The molecule has 0 saturated carbocycles. The maximum atomic E-state index is 3.45. The molecule has 1 heteroatoms. The van der Waals surface area contributed by atoms with Crippen LogP contribution in [0.4, 0.5) is 0 Å². The number of benzene rings is 2. The summed E-state index contributed by atoms with van der Waals surface area (Å²) in [6.07, 6.45) is 8.95. The summed E-state index contributed by atoms with van der Waals surface area (Å²) in [5.41, 5.74) is 4.51. The highest BCUT2D eigenvalue weighted by Gasteiger charge is 2.14. The van der Waals surface area contributed by atoms with E-state index in [4.69, 9.17) is 0 Å². The fourth-order valence-corrected chi connectivity index (χ4v) is 3.59. The molecule has 1 saturated heterocycles. The Bertz CT molecular complexity index is 552. The zero-order chi connectivity index (χ0) is 15.7. The fraction of sp³-hybridized carbons (Fsp3) is 0.455. The first-order valence-corrected chi connectivity index (χ1v) is 9.25. The van der Waals surface area contributed by atoms with Crippen LogP contribution in [-0.4, -0.2) is 13.1 Å². The van der Waals surface area contributed by atoms with Gasteiger partial charge in [0.05, 0.1) is 0 Å². The highest BCUT2D eigenvalue weighted by atomic mass is 14.9. The molecule has 23 heavy (non-hydrogen) atoms. The van der Waals surface area contributed by atoms with Crippen molar-refractivity contribution in [2.24, 2.45) is 0 Å². The van der Waals surface area contributed by atoms with Gasteiger partial charge < -0.3 is 5.32 Å². The van der Waals surface area contributed by atoms with Crippen molar-refractivity contribution in [1.82, 2.24) is 5.32 Å². The number of nitrogens with one attached hydrogen (secondary N) is 1. The van der Waals surface area contributed by atoms with Crippen LogP contribution in [0.2, 0.25) is 0 Å². The molecule has 2 aromatic rings. The van der Waals surface area contributed by atoms with Gasteiger partial charge in [-0.1, -0.05) is 61.0 Å². The van der Waals surface area contributed by atoms with Gasteiger partial charge in [-0.2, -0.15) is 0 Å².